The van der Waals surface area contributed by atoms with Crippen molar-refractivity contribution in [3.63, 3.8) is 0 Å². The molecule has 1 heterocycles. The van der Waals surface area contributed by atoms with E-state index in [0.717, 1.165) is 6.42 Å². The molecule has 1 aliphatic heterocycles. The van der Waals surface area contributed by atoms with E-state index in [4.69, 9.17) is 24.1 Å². The van der Waals surface area contributed by atoms with Crippen molar-refractivity contribution in [3.05, 3.63) is 0 Å². The van der Waals surface area contributed by atoms with Crippen LogP contribution in [-0.2, 0) is 18.3 Å². The SMILES string of the molecule is CO[C@H]1OC(CN)CC(O[Si](C)(C)C(C)(C)C)C1O[Si](C)(C)C(C)(C)C. The molecular weight excluding hydrogens is 362 g/mol. The van der Waals surface area contributed by atoms with E-state index in [2.05, 4.69) is 67.7 Å². The predicted octanol–water partition coefficient (Wildman–Crippen LogP) is 4.49. The van der Waals surface area contributed by atoms with E-state index in [9.17, 15) is 0 Å². The lowest BCUT2D eigenvalue weighted by Crippen LogP contribution is -2.60. The predicted molar refractivity (Wildman–Crippen MR) is 113 cm³/mol. The standard InChI is InChI=1S/C19H43NO4Si2/c1-18(2,3)25(8,9)23-15-12-14(13-20)22-17(21-7)16(15)24-26(10,11)19(4,5)6/h14-17H,12-13,20H2,1-11H3/t14?,15?,16?,17-/m0/s1. The second-order valence-electron chi connectivity index (χ2n) is 10.6. The van der Waals surface area contributed by atoms with Crippen LogP contribution >= 0.6 is 0 Å². The van der Waals surface area contributed by atoms with E-state index in [-0.39, 0.29) is 28.4 Å². The van der Waals surface area contributed by atoms with Gasteiger partial charge >= 0.3 is 0 Å². The zero-order chi connectivity index (χ0) is 20.6. The van der Waals surface area contributed by atoms with Crippen LogP contribution < -0.4 is 5.73 Å². The molecule has 0 aromatic rings. The molecule has 0 aromatic heterocycles. The summed E-state index contributed by atoms with van der Waals surface area (Å²) in [5.41, 5.74) is 5.92. The van der Waals surface area contributed by atoms with Gasteiger partial charge in [0.15, 0.2) is 22.9 Å². The smallest absolute Gasteiger partial charge is 0.192 e. The Bertz CT molecular complexity index is 457. The normalized spacial score (nSPS) is 29.1. The molecule has 156 valence electrons. The summed E-state index contributed by atoms with van der Waals surface area (Å²) in [6.45, 7) is 23.1. The minimum Gasteiger partial charge on any atom is -0.411 e. The van der Waals surface area contributed by atoms with E-state index in [1.54, 1.807) is 7.11 Å². The molecule has 1 fully saturated rings. The van der Waals surface area contributed by atoms with Crippen LogP contribution in [0.25, 0.3) is 0 Å². The number of hydrogen-bond donors (Lipinski definition) is 1. The molecule has 0 spiro atoms. The molecule has 0 amide bonds. The maximum Gasteiger partial charge on any atom is 0.192 e. The fourth-order valence-corrected chi connectivity index (χ4v) is 5.19. The molecule has 4 atom stereocenters. The second-order valence-corrected chi connectivity index (χ2v) is 20.1. The van der Waals surface area contributed by atoms with Crippen LogP contribution in [0.3, 0.4) is 0 Å². The molecule has 0 aliphatic carbocycles. The van der Waals surface area contributed by atoms with Gasteiger partial charge in [-0.1, -0.05) is 41.5 Å². The fraction of sp³-hybridized carbons (Fsp3) is 1.00. The molecule has 7 heteroatoms. The molecule has 0 radical (unpaired) electrons. The molecule has 0 saturated carbocycles. The summed E-state index contributed by atoms with van der Waals surface area (Å²) in [7, 11) is -2.28. The van der Waals surface area contributed by atoms with Gasteiger partial charge in [0.25, 0.3) is 0 Å². The third-order valence-corrected chi connectivity index (χ3v) is 15.4. The first kappa shape index (κ1) is 24.3. The Balaban J connectivity index is 3.17. The lowest BCUT2D eigenvalue weighted by atomic mass is 10.0. The second kappa shape index (κ2) is 8.31. The van der Waals surface area contributed by atoms with Crippen molar-refractivity contribution in [3.8, 4) is 0 Å². The zero-order valence-electron chi connectivity index (χ0n) is 18.9. The quantitative estimate of drug-likeness (QED) is 0.660. The van der Waals surface area contributed by atoms with Crippen molar-refractivity contribution in [1.82, 2.24) is 0 Å². The topological polar surface area (TPSA) is 62.9 Å². The van der Waals surface area contributed by atoms with Crippen LogP contribution in [0.4, 0.5) is 0 Å². The van der Waals surface area contributed by atoms with Crippen molar-refractivity contribution in [2.75, 3.05) is 13.7 Å². The third kappa shape index (κ3) is 5.62. The minimum atomic E-state index is -2.00. The van der Waals surface area contributed by atoms with Crippen molar-refractivity contribution >= 4 is 16.6 Å². The summed E-state index contributed by atoms with van der Waals surface area (Å²) in [5.74, 6) is 0. The lowest BCUT2D eigenvalue weighted by Gasteiger charge is -2.49. The lowest BCUT2D eigenvalue weighted by molar-refractivity contribution is -0.248. The van der Waals surface area contributed by atoms with Gasteiger partial charge in [0, 0.05) is 20.1 Å². The first-order chi connectivity index (χ1) is 11.6. The summed E-state index contributed by atoms with van der Waals surface area (Å²) < 4.78 is 25.3. The zero-order valence-corrected chi connectivity index (χ0v) is 20.9. The van der Waals surface area contributed by atoms with Gasteiger partial charge in [0.05, 0.1) is 12.2 Å². The maximum absolute atomic E-state index is 6.80. The Hall–Kier alpha value is 0.234. The van der Waals surface area contributed by atoms with E-state index < -0.39 is 22.9 Å². The molecule has 0 bridgehead atoms. The Labute approximate surface area is 163 Å². The van der Waals surface area contributed by atoms with Gasteiger partial charge in [-0.3, -0.25) is 0 Å². The van der Waals surface area contributed by atoms with Gasteiger partial charge in [-0.05, 0) is 36.3 Å². The molecule has 1 aliphatic rings. The van der Waals surface area contributed by atoms with Gasteiger partial charge in [-0.2, -0.15) is 0 Å². The van der Waals surface area contributed by atoms with Crippen molar-refractivity contribution < 1.29 is 18.3 Å². The summed E-state index contributed by atoms with van der Waals surface area (Å²) in [6.07, 6.45) is -0.0347. The van der Waals surface area contributed by atoms with Crippen LogP contribution in [0.5, 0.6) is 0 Å². The average Bonchev–Trinajstić information content (AvgIpc) is 2.45. The molecule has 1 saturated heterocycles. The van der Waals surface area contributed by atoms with Gasteiger partial charge in [-0.15, -0.1) is 0 Å². The van der Waals surface area contributed by atoms with Crippen LogP contribution in [-0.4, -0.2) is 54.9 Å². The van der Waals surface area contributed by atoms with Gasteiger partial charge in [-0.25, -0.2) is 0 Å². The monoisotopic (exact) mass is 405 g/mol. The average molecular weight is 406 g/mol. The Morgan fingerprint density at radius 1 is 0.923 bits per heavy atom. The summed E-state index contributed by atoms with van der Waals surface area (Å²) in [4.78, 5) is 0. The first-order valence-corrected chi connectivity index (χ1v) is 15.6. The minimum absolute atomic E-state index is 0.0581. The van der Waals surface area contributed by atoms with Crippen molar-refractivity contribution in [2.45, 2.75) is 109 Å². The highest BCUT2D eigenvalue weighted by Crippen LogP contribution is 2.42. The van der Waals surface area contributed by atoms with Crippen LogP contribution in [0.1, 0.15) is 48.0 Å². The van der Waals surface area contributed by atoms with Crippen LogP contribution in [0.2, 0.25) is 36.3 Å². The van der Waals surface area contributed by atoms with Gasteiger partial charge < -0.3 is 24.1 Å². The molecule has 5 nitrogen and oxygen atoms in total. The number of nitrogens with two attached hydrogens (primary N) is 1. The Morgan fingerprint density at radius 3 is 1.77 bits per heavy atom. The third-order valence-electron chi connectivity index (χ3n) is 6.44. The highest BCUT2D eigenvalue weighted by Gasteiger charge is 2.49. The van der Waals surface area contributed by atoms with Gasteiger partial charge in [0.2, 0.25) is 0 Å². The summed E-state index contributed by atoms with van der Waals surface area (Å²) >= 11 is 0. The highest BCUT2D eigenvalue weighted by molar-refractivity contribution is 6.74. The van der Waals surface area contributed by atoms with E-state index in [1.807, 2.05) is 0 Å². The number of ether oxygens (including phenoxy) is 2. The number of rotatable bonds is 6. The van der Waals surface area contributed by atoms with E-state index >= 15 is 0 Å². The van der Waals surface area contributed by atoms with Gasteiger partial charge in [0.1, 0.15) is 6.10 Å². The van der Waals surface area contributed by atoms with E-state index in [1.165, 1.54) is 0 Å². The van der Waals surface area contributed by atoms with Crippen LogP contribution in [0.15, 0.2) is 0 Å². The van der Waals surface area contributed by atoms with Crippen molar-refractivity contribution in [2.24, 2.45) is 5.73 Å². The van der Waals surface area contributed by atoms with Crippen LogP contribution in [0, 0.1) is 0 Å². The Morgan fingerprint density at radius 2 is 1.38 bits per heavy atom. The molecule has 2 N–H and O–H groups in total. The molecular formula is C19H43NO4Si2. The van der Waals surface area contributed by atoms with Crippen molar-refractivity contribution in [1.29, 1.82) is 0 Å². The first-order valence-electron chi connectivity index (χ1n) is 9.79. The summed E-state index contributed by atoms with van der Waals surface area (Å²) in [6, 6.07) is 0. The summed E-state index contributed by atoms with van der Waals surface area (Å²) in [5, 5.41) is 0.241. The molecule has 0 aromatic carbocycles. The largest absolute Gasteiger partial charge is 0.411 e. The molecule has 26 heavy (non-hydrogen) atoms. The maximum atomic E-state index is 6.80. The number of methoxy groups -OCH3 is 1. The van der Waals surface area contributed by atoms with E-state index in [0.29, 0.717) is 6.54 Å². The number of hydrogen-bond acceptors (Lipinski definition) is 5. The molecule has 1 rings (SSSR count). The highest BCUT2D eigenvalue weighted by atomic mass is 28.4. The Kier molecular flexibility index (Phi) is 7.76. The fourth-order valence-electron chi connectivity index (χ4n) is 2.55. The molecule has 3 unspecified atom stereocenters.